The lowest BCUT2D eigenvalue weighted by molar-refractivity contribution is -0.384. The number of amides is 3. The summed E-state index contributed by atoms with van der Waals surface area (Å²) in [6.07, 6.45) is 1.63. The van der Waals surface area contributed by atoms with Crippen LogP contribution in [0.15, 0.2) is 27.4 Å². The van der Waals surface area contributed by atoms with Gasteiger partial charge in [-0.1, -0.05) is 13.3 Å². The van der Waals surface area contributed by atoms with Crippen LogP contribution in [-0.2, 0) is 20.9 Å². The Morgan fingerprint density at radius 3 is 2.75 bits per heavy atom. The van der Waals surface area contributed by atoms with Gasteiger partial charge in [0.25, 0.3) is 11.6 Å². The Hall–Kier alpha value is -3.70. The molecule has 1 aromatic carbocycles. The van der Waals surface area contributed by atoms with Gasteiger partial charge in [0.1, 0.15) is 6.54 Å². The molecule has 0 saturated carbocycles. The molecule has 28 heavy (non-hydrogen) atoms. The Morgan fingerprint density at radius 1 is 1.32 bits per heavy atom. The predicted molar refractivity (Wildman–Crippen MR) is 94.5 cm³/mol. The van der Waals surface area contributed by atoms with Crippen molar-refractivity contribution in [3.8, 4) is 0 Å². The minimum Gasteiger partial charge on any atom is -0.454 e. The van der Waals surface area contributed by atoms with Crippen LogP contribution in [0.1, 0.15) is 19.8 Å². The summed E-state index contributed by atoms with van der Waals surface area (Å²) < 4.78 is 10.5. The molecule has 0 aliphatic rings. The number of carbonyl (C=O) groups is 3. The van der Waals surface area contributed by atoms with Gasteiger partial charge in [-0.3, -0.25) is 29.6 Å². The molecule has 2 rings (SSSR count). The smallest absolute Gasteiger partial charge is 0.420 e. The third-order valence-corrected chi connectivity index (χ3v) is 3.58. The average Bonchev–Trinajstić information content (AvgIpc) is 2.94. The van der Waals surface area contributed by atoms with Crippen LogP contribution in [0.4, 0.5) is 10.5 Å². The number of non-ortho nitro benzene ring substituents is 1. The Kier molecular flexibility index (Phi) is 6.84. The summed E-state index contributed by atoms with van der Waals surface area (Å²) in [5, 5.41) is 15.2. The van der Waals surface area contributed by atoms with Crippen LogP contribution in [-0.4, -0.2) is 40.5 Å². The third-order valence-electron chi connectivity index (χ3n) is 3.58. The maximum absolute atomic E-state index is 11.9. The lowest BCUT2D eigenvalue weighted by atomic mass is 10.3. The maximum Gasteiger partial charge on any atom is 0.420 e. The third kappa shape index (κ3) is 5.40. The first-order valence-corrected chi connectivity index (χ1v) is 8.33. The molecule has 150 valence electrons. The van der Waals surface area contributed by atoms with Gasteiger partial charge in [0, 0.05) is 12.6 Å². The zero-order chi connectivity index (χ0) is 20.7. The average molecular weight is 394 g/mol. The topological polar surface area (TPSA) is 163 Å². The minimum absolute atomic E-state index is 0.0616. The van der Waals surface area contributed by atoms with Crippen LogP contribution >= 0.6 is 0 Å². The molecule has 0 bridgehead atoms. The second-order valence-electron chi connectivity index (χ2n) is 5.68. The number of nitrogens with zero attached hydrogens (tertiary/aromatic N) is 2. The molecular weight excluding hydrogens is 376 g/mol. The molecular formula is C16H18N4O8. The standard InChI is InChI=1S/C16H18N4O8/c1-2-3-6-17-15(23)18-13(21)9-27-14(22)8-19-11-5-4-10(20(25)26)7-12(11)28-16(19)24/h4-5,7H,2-3,6,8-9H2,1H3,(H2,17,18,21,23). The SMILES string of the molecule is CCCCNC(=O)NC(=O)COC(=O)Cn1c(=O)oc2cc([N+](=O)[O-])ccc21. The fourth-order valence-electron chi connectivity index (χ4n) is 2.22. The number of carbonyl (C=O) groups excluding carboxylic acids is 3. The lowest BCUT2D eigenvalue weighted by Crippen LogP contribution is -2.41. The lowest BCUT2D eigenvalue weighted by Gasteiger charge is -2.07. The van der Waals surface area contributed by atoms with Crippen molar-refractivity contribution in [2.24, 2.45) is 0 Å². The molecule has 3 amide bonds. The summed E-state index contributed by atoms with van der Waals surface area (Å²) in [5.41, 5.74) is -0.175. The van der Waals surface area contributed by atoms with Crippen molar-refractivity contribution < 1.29 is 28.5 Å². The molecule has 1 aromatic heterocycles. The molecule has 0 saturated heterocycles. The van der Waals surface area contributed by atoms with Crippen LogP contribution in [0.2, 0.25) is 0 Å². The molecule has 0 radical (unpaired) electrons. The van der Waals surface area contributed by atoms with Crippen molar-refractivity contribution in [3.05, 3.63) is 38.9 Å². The summed E-state index contributed by atoms with van der Waals surface area (Å²) in [5.74, 6) is -2.67. The molecule has 0 aliphatic heterocycles. The molecule has 12 heteroatoms. The highest BCUT2D eigenvalue weighted by atomic mass is 16.6. The van der Waals surface area contributed by atoms with Crippen molar-refractivity contribution in [2.45, 2.75) is 26.3 Å². The largest absolute Gasteiger partial charge is 0.454 e. The zero-order valence-electron chi connectivity index (χ0n) is 14.9. The molecule has 12 nitrogen and oxygen atoms in total. The van der Waals surface area contributed by atoms with E-state index in [2.05, 4.69) is 5.32 Å². The number of ether oxygens (including phenoxy) is 1. The van der Waals surface area contributed by atoms with E-state index in [0.717, 1.165) is 29.5 Å². The normalized spacial score (nSPS) is 10.5. The van der Waals surface area contributed by atoms with Crippen molar-refractivity contribution in [3.63, 3.8) is 0 Å². The van der Waals surface area contributed by atoms with E-state index in [0.29, 0.717) is 6.54 Å². The zero-order valence-corrected chi connectivity index (χ0v) is 14.9. The first-order chi connectivity index (χ1) is 13.3. The highest BCUT2D eigenvalue weighted by Crippen LogP contribution is 2.19. The molecule has 2 aromatic rings. The fraction of sp³-hybridized carbons (Fsp3) is 0.375. The first kappa shape index (κ1) is 20.6. The van der Waals surface area contributed by atoms with Crippen molar-refractivity contribution in [1.29, 1.82) is 0 Å². The maximum atomic E-state index is 11.9. The van der Waals surface area contributed by atoms with E-state index in [1.165, 1.54) is 6.07 Å². The number of unbranched alkanes of at least 4 members (excludes halogenated alkanes) is 1. The predicted octanol–water partition coefficient (Wildman–Crippen LogP) is 0.672. The summed E-state index contributed by atoms with van der Waals surface area (Å²) in [7, 11) is 0. The van der Waals surface area contributed by atoms with Crippen LogP contribution < -0.4 is 16.4 Å². The molecule has 0 fully saturated rings. The van der Waals surface area contributed by atoms with Gasteiger partial charge in [-0.2, -0.15) is 0 Å². The van der Waals surface area contributed by atoms with Crippen molar-refractivity contribution in [2.75, 3.05) is 13.2 Å². The Morgan fingerprint density at radius 2 is 2.07 bits per heavy atom. The Labute approximate surface area is 157 Å². The molecule has 0 atom stereocenters. The molecule has 0 spiro atoms. The number of nitro groups is 1. The summed E-state index contributed by atoms with van der Waals surface area (Å²) in [6.45, 7) is 1.07. The first-order valence-electron chi connectivity index (χ1n) is 8.33. The number of imide groups is 1. The number of aromatic nitrogens is 1. The number of nitrogens with one attached hydrogen (secondary N) is 2. The Bertz CT molecular complexity index is 961. The van der Waals surface area contributed by atoms with E-state index in [9.17, 15) is 29.3 Å². The van der Waals surface area contributed by atoms with E-state index < -0.39 is 41.7 Å². The van der Waals surface area contributed by atoms with E-state index in [1.54, 1.807) is 0 Å². The number of urea groups is 1. The summed E-state index contributed by atoms with van der Waals surface area (Å²) >= 11 is 0. The molecule has 0 unspecified atom stereocenters. The number of esters is 1. The van der Waals surface area contributed by atoms with E-state index >= 15 is 0 Å². The van der Waals surface area contributed by atoms with Crippen LogP contribution in [0.25, 0.3) is 11.1 Å². The summed E-state index contributed by atoms with van der Waals surface area (Å²) in [6, 6.07) is 2.78. The van der Waals surface area contributed by atoms with Crippen molar-refractivity contribution in [1.82, 2.24) is 15.2 Å². The van der Waals surface area contributed by atoms with Crippen molar-refractivity contribution >= 4 is 34.7 Å². The number of nitro benzene ring substituents is 1. The Balaban J connectivity index is 1.92. The van der Waals surface area contributed by atoms with Gasteiger partial charge in [-0.05, 0) is 12.5 Å². The highest BCUT2D eigenvalue weighted by Gasteiger charge is 2.17. The number of hydrogen-bond acceptors (Lipinski definition) is 8. The van der Waals surface area contributed by atoms with Gasteiger partial charge in [0.05, 0.1) is 16.5 Å². The van der Waals surface area contributed by atoms with Gasteiger partial charge >= 0.3 is 17.8 Å². The van der Waals surface area contributed by atoms with Gasteiger partial charge in [0.2, 0.25) is 0 Å². The van der Waals surface area contributed by atoms with Gasteiger partial charge in [0.15, 0.2) is 12.2 Å². The number of rotatable bonds is 8. The molecule has 0 aliphatic carbocycles. The van der Waals surface area contributed by atoms with E-state index in [4.69, 9.17) is 9.15 Å². The molecule has 2 N–H and O–H groups in total. The second-order valence-corrected chi connectivity index (χ2v) is 5.68. The van der Waals surface area contributed by atoms with Gasteiger partial charge in [-0.25, -0.2) is 9.59 Å². The number of fused-ring (bicyclic) bond motifs is 1. The number of hydrogen-bond donors (Lipinski definition) is 2. The summed E-state index contributed by atoms with van der Waals surface area (Å²) in [4.78, 5) is 56.8. The van der Waals surface area contributed by atoms with Gasteiger partial charge in [-0.15, -0.1) is 0 Å². The molecule has 1 heterocycles. The van der Waals surface area contributed by atoms with E-state index in [-0.39, 0.29) is 16.8 Å². The quantitative estimate of drug-likeness (QED) is 0.285. The van der Waals surface area contributed by atoms with E-state index in [1.807, 2.05) is 12.2 Å². The van der Waals surface area contributed by atoms with Crippen LogP contribution in [0, 0.1) is 10.1 Å². The highest BCUT2D eigenvalue weighted by molar-refractivity contribution is 5.95. The second kappa shape index (κ2) is 9.30. The van der Waals surface area contributed by atoms with Gasteiger partial charge < -0.3 is 14.5 Å². The number of oxazole rings is 1. The van der Waals surface area contributed by atoms with Crippen LogP contribution in [0.3, 0.4) is 0 Å². The van der Waals surface area contributed by atoms with Crippen LogP contribution in [0.5, 0.6) is 0 Å². The monoisotopic (exact) mass is 394 g/mol. The fourth-order valence-corrected chi connectivity index (χ4v) is 2.22. The minimum atomic E-state index is -0.926. The number of benzene rings is 1.